The first-order valence-corrected chi connectivity index (χ1v) is 8.00. The number of nitrogens with zero attached hydrogens (tertiary/aromatic N) is 2. The second kappa shape index (κ2) is 5.82. The predicted octanol–water partition coefficient (Wildman–Crippen LogP) is 3.44. The highest BCUT2D eigenvalue weighted by molar-refractivity contribution is 6.33. The zero-order valence-corrected chi connectivity index (χ0v) is 13.2. The molecule has 2 atom stereocenters. The number of fused-ring (bicyclic) bond motifs is 1. The van der Waals surface area contributed by atoms with Crippen molar-refractivity contribution in [1.29, 1.82) is 0 Å². The van der Waals surface area contributed by atoms with Crippen molar-refractivity contribution in [3.05, 3.63) is 23.2 Å². The third-order valence-corrected chi connectivity index (χ3v) is 4.94. The Bertz CT molecular complexity index is 475. The Morgan fingerprint density at radius 1 is 1.20 bits per heavy atom. The lowest BCUT2D eigenvalue weighted by Gasteiger charge is -2.33. The maximum Gasteiger partial charge on any atom is 0.0659 e. The molecule has 0 radical (unpaired) electrons. The summed E-state index contributed by atoms with van der Waals surface area (Å²) >= 11 is 6.36. The molecular weight excluding hydrogens is 270 g/mol. The van der Waals surface area contributed by atoms with Crippen LogP contribution in [0, 0.1) is 0 Å². The van der Waals surface area contributed by atoms with Crippen molar-refractivity contribution in [3.8, 4) is 0 Å². The van der Waals surface area contributed by atoms with Crippen molar-refractivity contribution < 1.29 is 0 Å². The van der Waals surface area contributed by atoms with Crippen LogP contribution >= 0.6 is 11.6 Å². The summed E-state index contributed by atoms with van der Waals surface area (Å²) < 4.78 is 0. The Balaban J connectivity index is 1.70. The van der Waals surface area contributed by atoms with Crippen LogP contribution in [0.5, 0.6) is 0 Å². The molecule has 3 nitrogen and oxygen atoms in total. The number of rotatable bonds is 3. The average Bonchev–Trinajstić information content (AvgIpc) is 2.82. The van der Waals surface area contributed by atoms with Crippen molar-refractivity contribution in [2.45, 2.75) is 37.8 Å². The van der Waals surface area contributed by atoms with Gasteiger partial charge in [0.25, 0.3) is 0 Å². The Labute approximate surface area is 126 Å². The van der Waals surface area contributed by atoms with Crippen molar-refractivity contribution in [1.82, 2.24) is 4.90 Å². The van der Waals surface area contributed by atoms with Gasteiger partial charge >= 0.3 is 0 Å². The van der Waals surface area contributed by atoms with Crippen LogP contribution in [0.25, 0.3) is 0 Å². The van der Waals surface area contributed by atoms with Gasteiger partial charge in [0.15, 0.2) is 0 Å². The SMILES string of the molecule is CN(C)c1ccc(NC2CCN3CCCCC23)cc1Cl. The molecule has 0 spiro atoms. The standard InChI is InChI=1S/C16H24ClN3/c1-19(2)15-7-6-12(11-13(15)17)18-14-8-10-20-9-4-3-5-16(14)20/h6-7,11,14,16,18H,3-5,8-10H2,1-2H3. The largest absolute Gasteiger partial charge is 0.381 e. The molecule has 110 valence electrons. The normalized spacial score (nSPS) is 26.4. The minimum Gasteiger partial charge on any atom is -0.381 e. The van der Waals surface area contributed by atoms with E-state index < -0.39 is 0 Å². The molecule has 2 fully saturated rings. The van der Waals surface area contributed by atoms with E-state index in [1.165, 1.54) is 38.8 Å². The molecular formula is C16H24ClN3. The summed E-state index contributed by atoms with van der Waals surface area (Å²) in [6.45, 7) is 2.52. The van der Waals surface area contributed by atoms with Gasteiger partial charge in [-0.15, -0.1) is 0 Å². The van der Waals surface area contributed by atoms with Crippen LogP contribution in [0.4, 0.5) is 11.4 Å². The molecule has 0 aromatic heterocycles. The van der Waals surface area contributed by atoms with Gasteiger partial charge in [-0.3, -0.25) is 4.90 Å². The van der Waals surface area contributed by atoms with Crippen LogP contribution in [-0.4, -0.2) is 44.2 Å². The third-order valence-electron chi connectivity index (χ3n) is 4.64. The molecule has 1 aromatic rings. The van der Waals surface area contributed by atoms with Gasteiger partial charge in [-0.05, 0) is 44.0 Å². The van der Waals surface area contributed by atoms with Gasteiger partial charge in [-0.25, -0.2) is 0 Å². The quantitative estimate of drug-likeness (QED) is 0.921. The molecule has 0 amide bonds. The van der Waals surface area contributed by atoms with E-state index in [1.807, 2.05) is 19.0 Å². The number of halogens is 1. The molecule has 2 saturated heterocycles. The number of hydrogen-bond acceptors (Lipinski definition) is 3. The van der Waals surface area contributed by atoms with Crippen LogP contribution in [-0.2, 0) is 0 Å². The molecule has 2 aliphatic heterocycles. The fourth-order valence-corrected chi connectivity index (χ4v) is 3.94. The summed E-state index contributed by atoms with van der Waals surface area (Å²) in [5, 5.41) is 4.52. The topological polar surface area (TPSA) is 18.5 Å². The van der Waals surface area contributed by atoms with E-state index in [-0.39, 0.29) is 0 Å². The molecule has 4 heteroatoms. The summed E-state index contributed by atoms with van der Waals surface area (Å²) in [6.07, 6.45) is 5.32. The van der Waals surface area contributed by atoms with Crippen LogP contribution in [0.15, 0.2) is 18.2 Å². The molecule has 0 aliphatic carbocycles. The van der Waals surface area contributed by atoms with E-state index in [0.29, 0.717) is 6.04 Å². The molecule has 20 heavy (non-hydrogen) atoms. The number of piperidine rings is 1. The Kier molecular flexibility index (Phi) is 4.08. The van der Waals surface area contributed by atoms with Crippen molar-refractivity contribution >= 4 is 23.0 Å². The summed E-state index contributed by atoms with van der Waals surface area (Å²) in [7, 11) is 4.04. The highest BCUT2D eigenvalue weighted by Gasteiger charge is 2.35. The predicted molar refractivity (Wildman–Crippen MR) is 87.0 cm³/mol. The first kappa shape index (κ1) is 14.0. The maximum atomic E-state index is 6.36. The lowest BCUT2D eigenvalue weighted by atomic mass is 9.99. The molecule has 3 rings (SSSR count). The van der Waals surface area contributed by atoms with Gasteiger partial charge in [0.1, 0.15) is 0 Å². The fourth-order valence-electron chi connectivity index (χ4n) is 3.59. The summed E-state index contributed by atoms with van der Waals surface area (Å²) in [5.74, 6) is 0. The van der Waals surface area contributed by atoms with Gasteiger partial charge in [-0.2, -0.15) is 0 Å². The minimum absolute atomic E-state index is 0.580. The van der Waals surface area contributed by atoms with E-state index in [9.17, 15) is 0 Å². The van der Waals surface area contributed by atoms with Crippen molar-refractivity contribution in [3.63, 3.8) is 0 Å². The van der Waals surface area contributed by atoms with Gasteiger partial charge < -0.3 is 10.2 Å². The lowest BCUT2D eigenvalue weighted by molar-refractivity contribution is 0.193. The Hall–Kier alpha value is -0.930. The fraction of sp³-hybridized carbons (Fsp3) is 0.625. The highest BCUT2D eigenvalue weighted by Crippen LogP contribution is 2.32. The first-order valence-electron chi connectivity index (χ1n) is 7.62. The van der Waals surface area contributed by atoms with Crippen LogP contribution in [0.2, 0.25) is 5.02 Å². The molecule has 2 heterocycles. The van der Waals surface area contributed by atoms with E-state index in [4.69, 9.17) is 11.6 Å². The zero-order valence-electron chi connectivity index (χ0n) is 12.4. The van der Waals surface area contributed by atoms with Crippen molar-refractivity contribution in [2.24, 2.45) is 0 Å². The maximum absolute atomic E-state index is 6.36. The molecule has 2 unspecified atom stereocenters. The first-order chi connectivity index (χ1) is 9.65. The Morgan fingerprint density at radius 2 is 2.05 bits per heavy atom. The van der Waals surface area contributed by atoms with E-state index in [0.717, 1.165) is 22.4 Å². The van der Waals surface area contributed by atoms with E-state index in [1.54, 1.807) is 0 Å². The van der Waals surface area contributed by atoms with Crippen LogP contribution in [0.1, 0.15) is 25.7 Å². The van der Waals surface area contributed by atoms with Crippen LogP contribution < -0.4 is 10.2 Å². The van der Waals surface area contributed by atoms with Crippen LogP contribution in [0.3, 0.4) is 0 Å². The number of nitrogens with one attached hydrogen (secondary N) is 1. The summed E-state index contributed by atoms with van der Waals surface area (Å²) in [6, 6.07) is 7.60. The summed E-state index contributed by atoms with van der Waals surface area (Å²) in [4.78, 5) is 4.70. The molecule has 1 N–H and O–H groups in total. The lowest BCUT2D eigenvalue weighted by Crippen LogP contribution is -2.41. The van der Waals surface area contributed by atoms with Gasteiger partial charge in [-0.1, -0.05) is 18.0 Å². The van der Waals surface area contributed by atoms with Gasteiger partial charge in [0, 0.05) is 38.4 Å². The minimum atomic E-state index is 0.580. The van der Waals surface area contributed by atoms with Gasteiger partial charge in [0.2, 0.25) is 0 Å². The summed E-state index contributed by atoms with van der Waals surface area (Å²) in [5.41, 5.74) is 2.22. The number of hydrogen-bond donors (Lipinski definition) is 1. The second-order valence-corrected chi connectivity index (χ2v) is 6.61. The monoisotopic (exact) mass is 293 g/mol. The molecule has 2 aliphatic rings. The van der Waals surface area contributed by atoms with Crippen molar-refractivity contribution in [2.75, 3.05) is 37.4 Å². The molecule has 1 aromatic carbocycles. The third kappa shape index (κ3) is 2.75. The van der Waals surface area contributed by atoms with E-state index in [2.05, 4.69) is 28.4 Å². The number of benzene rings is 1. The number of anilines is 2. The smallest absolute Gasteiger partial charge is 0.0659 e. The Morgan fingerprint density at radius 3 is 2.80 bits per heavy atom. The second-order valence-electron chi connectivity index (χ2n) is 6.20. The molecule has 0 bridgehead atoms. The van der Waals surface area contributed by atoms with E-state index >= 15 is 0 Å². The molecule has 0 saturated carbocycles. The average molecular weight is 294 g/mol. The zero-order chi connectivity index (χ0) is 14.1. The van der Waals surface area contributed by atoms with Gasteiger partial charge in [0.05, 0.1) is 10.7 Å². The highest BCUT2D eigenvalue weighted by atomic mass is 35.5.